The van der Waals surface area contributed by atoms with Gasteiger partial charge in [0.15, 0.2) is 0 Å². The van der Waals surface area contributed by atoms with E-state index in [1.807, 2.05) is 12.1 Å². The number of aliphatic hydroxyl groups is 1. The van der Waals surface area contributed by atoms with Gasteiger partial charge in [0, 0.05) is 12.0 Å². The second-order valence-corrected chi connectivity index (χ2v) is 6.95. The van der Waals surface area contributed by atoms with E-state index in [4.69, 9.17) is 9.47 Å². The molecule has 1 fully saturated rings. The standard InChI is InChI=1S/C19H27NO4/c1-3-24-17(21)20-13-18(19(22)9-5-4-6-10-19)12-14-7-8-15(23-2)11-16(14)18/h7-8,11,22H,3-6,9-10,12-13H2,1-2H3,(H,20,21). The fourth-order valence-electron chi connectivity index (χ4n) is 4.35. The predicted molar refractivity (Wildman–Crippen MR) is 91.4 cm³/mol. The normalized spacial score (nSPS) is 24.5. The van der Waals surface area contributed by atoms with Gasteiger partial charge in [0.25, 0.3) is 0 Å². The number of benzene rings is 1. The SMILES string of the molecule is CCOC(=O)NCC1(C2(O)CCCCC2)Cc2ccc(OC)cc21. The Morgan fingerprint density at radius 2 is 2.04 bits per heavy atom. The van der Waals surface area contributed by atoms with Crippen molar-refractivity contribution in [3.63, 3.8) is 0 Å². The molecule has 0 saturated heterocycles. The summed E-state index contributed by atoms with van der Waals surface area (Å²) >= 11 is 0. The van der Waals surface area contributed by atoms with E-state index in [0.29, 0.717) is 13.2 Å². The number of rotatable bonds is 5. The lowest BCUT2D eigenvalue weighted by molar-refractivity contribution is -0.0782. The maximum atomic E-state index is 11.8. The summed E-state index contributed by atoms with van der Waals surface area (Å²) in [5.41, 5.74) is 1.08. The first-order valence-corrected chi connectivity index (χ1v) is 8.85. The molecule has 0 aliphatic heterocycles. The van der Waals surface area contributed by atoms with Gasteiger partial charge in [-0.2, -0.15) is 0 Å². The number of carbonyl (C=O) groups is 1. The zero-order valence-corrected chi connectivity index (χ0v) is 14.6. The lowest BCUT2D eigenvalue weighted by Crippen LogP contribution is -2.63. The van der Waals surface area contributed by atoms with E-state index >= 15 is 0 Å². The topological polar surface area (TPSA) is 67.8 Å². The summed E-state index contributed by atoms with van der Waals surface area (Å²) in [5, 5.41) is 14.3. The highest BCUT2D eigenvalue weighted by atomic mass is 16.5. The van der Waals surface area contributed by atoms with Crippen molar-refractivity contribution in [2.75, 3.05) is 20.3 Å². The van der Waals surface area contributed by atoms with Crippen molar-refractivity contribution in [3.05, 3.63) is 29.3 Å². The lowest BCUT2D eigenvalue weighted by Gasteiger charge is -2.56. The molecule has 1 atom stereocenters. The van der Waals surface area contributed by atoms with Crippen LogP contribution < -0.4 is 10.1 Å². The van der Waals surface area contributed by atoms with Crippen LogP contribution in [0.25, 0.3) is 0 Å². The Morgan fingerprint density at radius 3 is 2.71 bits per heavy atom. The van der Waals surface area contributed by atoms with Crippen LogP contribution in [0.15, 0.2) is 18.2 Å². The first-order valence-electron chi connectivity index (χ1n) is 8.85. The minimum absolute atomic E-state index is 0.341. The smallest absolute Gasteiger partial charge is 0.407 e. The second-order valence-electron chi connectivity index (χ2n) is 6.95. The number of carbonyl (C=O) groups excluding carboxylic acids is 1. The molecule has 2 N–H and O–H groups in total. The van der Waals surface area contributed by atoms with Crippen molar-refractivity contribution in [1.29, 1.82) is 0 Å². The molecule has 0 spiro atoms. The fourth-order valence-corrected chi connectivity index (χ4v) is 4.35. The summed E-state index contributed by atoms with van der Waals surface area (Å²) in [6, 6.07) is 6.02. The van der Waals surface area contributed by atoms with Gasteiger partial charge in [-0.25, -0.2) is 4.79 Å². The van der Waals surface area contributed by atoms with Gasteiger partial charge in [-0.05, 0) is 49.4 Å². The van der Waals surface area contributed by atoms with Crippen molar-refractivity contribution in [2.45, 2.75) is 56.5 Å². The molecular formula is C19H27NO4. The Hall–Kier alpha value is -1.75. The molecule has 1 saturated carbocycles. The number of ether oxygens (including phenoxy) is 2. The Labute approximate surface area is 143 Å². The zero-order chi connectivity index (χ0) is 17.2. The van der Waals surface area contributed by atoms with Gasteiger partial charge in [0.1, 0.15) is 5.75 Å². The van der Waals surface area contributed by atoms with E-state index in [9.17, 15) is 9.90 Å². The van der Waals surface area contributed by atoms with Gasteiger partial charge in [0.05, 0.1) is 19.3 Å². The number of hydrogen-bond donors (Lipinski definition) is 2. The van der Waals surface area contributed by atoms with Crippen molar-refractivity contribution in [2.24, 2.45) is 0 Å². The molecule has 132 valence electrons. The van der Waals surface area contributed by atoms with Gasteiger partial charge in [-0.3, -0.25) is 0 Å². The summed E-state index contributed by atoms with van der Waals surface area (Å²) < 4.78 is 10.4. The van der Waals surface area contributed by atoms with Gasteiger partial charge < -0.3 is 19.9 Å². The van der Waals surface area contributed by atoms with Crippen LogP contribution in [0.4, 0.5) is 4.79 Å². The number of nitrogens with one attached hydrogen (secondary N) is 1. The molecule has 1 aromatic rings. The molecule has 0 radical (unpaired) electrons. The molecule has 2 aliphatic rings. The summed E-state index contributed by atoms with van der Waals surface area (Å²) in [5.74, 6) is 0.786. The number of hydrogen-bond acceptors (Lipinski definition) is 4. The number of methoxy groups -OCH3 is 1. The summed E-state index contributed by atoms with van der Waals surface area (Å²) in [7, 11) is 1.65. The number of amides is 1. The van der Waals surface area contributed by atoms with Crippen LogP contribution in [0.3, 0.4) is 0 Å². The van der Waals surface area contributed by atoms with Crippen LogP contribution in [0, 0.1) is 0 Å². The third-order valence-corrected chi connectivity index (χ3v) is 5.71. The number of alkyl carbamates (subject to hydrolysis) is 1. The van der Waals surface area contributed by atoms with Crippen LogP contribution in [-0.2, 0) is 16.6 Å². The lowest BCUT2D eigenvalue weighted by atomic mass is 9.52. The van der Waals surface area contributed by atoms with Gasteiger partial charge in [-0.15, -0.1) is 0 Å². The van der Waals surface area contributed by atoms with Crippen molar-refractivity contribution >= 4 is 6.09 Å². The van der Waals surface area contributed by atoms with Crippen molar-refractivity contribution in [1.82, 2.24) is 5.32 Å². The molecule has 2 aliphatic carbocycles. The van der Waals surface area contributed by atoms with Crippen LogP contribution in [-0.4, -0.2) is 37.1 Å². The van der Waals surface area contributed by atoms with Crippen LogP contribution in [0.1, 0.15) is 50.2 Å². The second kappa shape index (κ2) is 6.63. The quantitative estimate of drug-likeness (QED) is 0.869. The van der Waals surface area contributed by atoms with E-state index < -0.39 is 17.1 Å². The molecule has 3 rings (SSSR count). The maximum absolute atomic E-state index is 11.8. The van der Waals surface area contributed by atoms with Gasteiger partial charge in [0.2, 0.25) is 0 Å². The summed E-state index contributed by atoms with van der Waals surface area (Å²) in [6.45, 7) is 2.52. The number of fused-ring (bicyclic) bond motifs is 1. The largest absolute Gasteiger partial charge is 0.497 e. The molecule has 1 amide bonds. The Balaban J connectivity index is 1.91. The highest BCUT2D eigenvalue weighted by Crippen LogP contribution is 2.54. The van der Waals surface area contributed by atoms with Gasteiger partial charge >= 0.3 is 6.09 Å². The minimum atomic E-state index is -0.788. The molecule has 1 unspecified atom stereocenters. The fraction of sp³-hybridized carbons (Fsp3) is 0.632. The molecular weight excluding hydrogens is 306 g/mol. The molecule has 0 aromatic heterocycles. The molecule has 5 heteroatoms. The van der Waals surface area contributed by atoms with E-state index in [-0.39, 0.29) is 0 Å². The van der Waals surface area contributed by atoms with E-state index in [0.717, 1.165) is 49.8 Å². The molecule has 24 heavy (non-hydrogen) atoms. The van der Waals surface area contributed by atoms with E-state index in [1.165, 1.54) is 5.56 Å². The minimum Gasteiger partial charge on any atom is -0.497 e. The van der Waals surface area contributed by atoms with Crippen molar-refractivity contribution < 1.29 is 19.4 Å². The van der Waals surface area contributed by atoms with Crippen LogP contribution >= 0.6 is 0 Å². The first-order chi connectivity index (χ1) is 11.5. The highest BCUT2D eigenvalue weighted by molar-refractivity contribution is 5.68. The average molecular weight is 333 g/mol. The van der Waals surface area contributed by atoms with E-state index in [1.54, 1.807) is 14.0 Å². The Morgan fingerprint density at radius 1 is 1.29 bits per heavy atom. The third kappa shape index (κ3) is 2.75. The first kappa shape index (κ1) is 17.1. The summed E-state index contributed by atoms with van der Waals surface area (Å²) in [6.07, 6.45) is 5.10. The molecule has 5 nitrogen and oxygen atoms in total. The van der Waals surface area contributed by atoms with Crippen LogP contribution in [0.5, 0.6) is 5.75 Å². The third-order valence-electron chi connectivity index (χ3n) is 5.71. The maximum Gasteiger partial charge on any atom is 0.407 e. The van der Waals surface area contributed by atoms with Gasteiger partial charge in [-0.1, -0.05) is 25.3 Å². The molecule has 0 heterocycles. The highest BCUT2D eigenvalue weighted by Gasteiger charge is 2.57. The van der Waals surface area contributed by atoms with Crippen molar-refractivity contribution in [3.8, 4) is 5.75 Å². The molecule has 1 aromatic carbocycles. The van der Waals surface area contributed by atoms with E-state index in [2.05, 4.69) is 11.4 Å². The average Bonchev–Trinajstić information content (AvgIpc) is 2.56. The van der Waals surface area contributed by atoms with Crippen LogP contribution in [0.2, 0.25) is 0 Å². The Bertz CT molecular complexity index is 609. The molecule has 0 bridgehead atoms. The summed E-state index contributed by atoms with van der Waals surface area (Å²) in [4.78, 5) is 11.8. The predicted octanol–water partition coefficient (Wildman–Crippen LogP) is 2.93. The zero-order valence-electron chi connectivity index (χ0n) is 14.6. The Kier molecular flexibility index (Phi) is 4.72. The monoisotopic (exact) mass is 333 g/mol.